The molecule has 0 aliphatic rings. The summed E-state index contributed by atoms with van der Waals surface area (Å²) in [7, 11) is 0. The summed E-state index contributed by atoms with van der Waals surface area (Å²) in [6, 6.07) is 31.6. The van der Waals surface area contributed by atoms with Gasteiger partial charge in [0.05, 0.1) is 11.1 Å². The van der Waals surface area contributed by atoms with Crippen molar-refractivity contribution < 1.29 is 26.3 Å². The lowest BCUT2D eigenvalue weighted by Gasteiger charge is -2.21. The molecule has 0 saturated heterocycles. The van der Waals surface area contributed by atoms with E-state index < -0.39 is 23.5 Å². The first-order valence-electron chi connectivity index (χ1n) is 15.9. The number of hydrogen-bond acceptors (Lipinski definition) is 1. The Morgan fingerprint density at radius 3 is 1.60 bits per heavy atom. The predicted octanol–water partition coefficient (Wildman–Crippen LogP) is 14.6. The minimum Gasteiger partial charge on any atom is -0.166 e. The van der Waals surface area contributed by atoms with Gasteiger partial charge in [0.25, 0.3) is 0 Å². The number of halogens is 6. The second kappa shape index (κ2) is 11.6. The van der Waals surface area contributed by atoms with E-state index >= 15 is 0 Å². The van der Waals surface area contributed by atoms with Gasteiger partial charge < -0.3 is 0 Å². The molecule has 0 unspecified atom stereocenters. The number of rotatable bonds is 4. The van der Waals surface area contributed by atoms with Crippen LogP contribution in [-0.4, -0.2) is 0 Å². The molecule has 0 N–H and O–H groups in total. The summed E-state index contributed by atoms with van der Waals surface area (Å²) in [5.41, 5.74) is 2.03. The molecular formula is C43H26F6S. The Balaban J connectivity index is 1.45. The van der Waals surface area contributed by atoms with E-state index in [0.29, 0.717) is 32.8 Å². The number of benzene rings is 7. The van der Waals surface area contributed by atoms with E-state index in [0.717, 1.165) is 31.3 Å². The maximum absolute atomic E-state index is 14.6. The smallest absolute Gasteiger partial charge is 0.166 e. The summed E-state index contributed by atoms with van der Waals surface area (Å²) in [6.07, 6.45) is -4.44. The Kier molecular flexibility index (Phi) is 7.39. The highest BCUT2D eigenvalue weighted by molar-refractivity contribution is 7.26. The first kappa shape index (κ1) is 31.8. The highest BCUT2D eigenvalue weighted by Crippen LogP contribution is 2.50. The third-order valence-electron chi connectivity index (χ3n) is 9.39. The van der Waals surface area contributed by atoms with Crippen molar-refractivity contribution in [1.82, 2.24) is 0 Å². The number of fused-ring (bicyclic) bond motifs is 6. The van der Waals surface area contributed by atoms with Crippen molar-refractivity contribution in [3.8, 4) is 22.3 Å². The quantitative estimate of drug-likeness (QED) is 0.128. The van der Waals surface area contributed by atoms with Crippen LogP contribution >= 0.6 is 11.3 Å². The molecule has 8 rings (SSSR count). The minimum atomic E-state index is -4.61. The van der Waals surface area contributed by atoms with E-state index in [4.69, 9.17) is 0 Å². The fourth-order valence-corrected chi connectivity index (χ4v) is 8.72. The Morgan fingerprint density at radius 2 is 1.06 bits per heavy atom. The van der Waals surface area contributed by atoms with Crippen molar-refractivity contribution in [2.75, 3.05) is 0 Å². The maximum atomic E-state index is 14.6. The van der Waals surface area contributed by atoms with E-state index in [1.807, 2.05) is 36.4 Å². The Morgan fingerprint density at radius 1 is 0.540 bits per heavy atom. The van der Waals surface area contributed by atoms with Gasteiger partial charge in [-0.3, -0.25) is 0 Å². The van der Waals surface area contributed by atoms with Crippen LogP contribution in [0.4, 0.5) is 26.3 Å². The third kappa shape index (κ3) is 4.83. The van der Waals surface area contributed by atoms with E-state index in [2.05, 4.69) is 6.58 Å². The molecule has 8 aromatic rings. The number of hydrogen-bond donors (Lipinski definition) is 0. The van der Waals surface area contributed by atoms with Crippen LogP contribution in [-0.2, 0) is 12.4 Å². The SMILES string of the molecule is C=Cc1c(/C=C\C)c(-c2cccc3c2sc2ccc(-c4c5ccccc5c(C(F)(F)F)c5ccccc45)cc23)c2ccccc2c1C(F)(F)F. The molecule has 0 saturated carbocycles. The van der Waals surface area contributed by atoms with Gasteiger partial charge in [0, 0.05) is 25.7 Å². The molecule has 7 heteroatoms. The second-order valence-corrected chi connectivity index (χ2v) is 13.2. The van der Waals surface area contributed by atoms with Gasteiger partial charge in [-0.2, -0.15) is 26.3 Å². The predicted molar refractivity (Wildman–Crippen MR) is 198 cm³/mol. The van der Waals surface area contributed by atoms with E-state index in [1.165, 1.54) is 35.6 Å². The van der Waals surface area contributed by atoms with Crippen molar-refractivity contribution in [3.63, 3.8) is 0 Å². The van der Waals surface area contributed by atoms with Crippen LogP contribution in [0, 0.1) is 0 Å². The molecule has 0 atom stereocenters. The number of allylic oxidation sites excluding steroid dienone is 1. The Hall–Kier alpha value is -5.40. The monoisotopic (exact) mass is 688 g/mol. The van der Waals surface area contributed by atoms with Gasteiger partial charge in [-0.15, -0.1) is 11.3 Å². The fourth-order valence-electron chi connectivity index (χ4n) is 7.52. The summed E-state index contributed by atoms with van der Waals surface area (Å²) in [4.78, 5) is 0. The first-order chi connectivity index (χ1) is 24.0. The van der Waals surface area contributed by atoms with E-state index in [-0.39, 0.29) is 21.7 Å². The zero-order valence-electron chi connectivity index (χ0n) is 26.5. The first-order valence-corrected chi connectivity index (χ1v) is 16.7. The van der Waals surface area contributed by atoms with Gasteiger partial charge in [0.1, 0.15) is 0 Å². The zero-order chi connectivity index (χ0) is 34.9. The molecule has 0 amide bonds. The topological polar surface area (TPSA) is 0 Å². The molecule has 0 aliphatic carbocycles. The molecule has 0 radical (unpaired) electrons. The molecule has 0 bridgehead atoms. The minimum absolute atomic E-state index is 0.0192. The van der Waals surface area contributed by atoms with Crippen LogP contribution in [0.2, 0.25) is 0 Å². The van der Waals surface area contributed by atoms with Crippen LogP contribution in [0.25, 0.3) is 86.9 Å². The van der Waals surface area contributed by atoms with Crippen molar-refractivity contribution in [3.05, 3.63) is 144 Å². The van der Waals surface area contributed by atoms with Crippen molar-refractivity contribution in [1.29, 1.82) is 0 Å². The molecule has 1 heterocycles. The van der Waals surface area contributed by atoms with E-state index in [1.54, 1.807) is 73.7 Å². The molecule has 1 aromatic heterocycles. The summed E-state index contributed by atoms with van der Waals surface area (Å²) in [6.45, 7) is 5.57. The zero-order valence-corrected chi connectivity index (χ0v) is 27.3. The van der Waals surface area contributed by atoms with Gasteiger partial charge >= 0.3 is 12.4 Å². The lowest BCUT2D eigenvalue weighted by molar-refractivity contribution is -0.136. The van der Waals surface area contributed by atoms with Gasteiger partial charge in [-0.25, -0.2) is 0 Å². The van der Waals surface area contributed by atoms with Gasteiger partial charge in [-0.05, 0) is 79.2 Å². The lowest BCUT2D eigenvalue weighted by atomic mass is 9.85. The van der Waals surface area contributed by atoms with Gasteiger partial charge in [0.2, 0.25) is 0 Å². The highest BCUT2D eigenvalue weighted by atomic mass is 32.1. The van der Waals surface area contributed by atoms with Gasteiger partial charge in [0.15, 0.2) is 0 Å². The maximum Gasteiger partial charge on any atom is 0.417 e. The molecule has 0 fully saturated rings. The molecule has 50 heavy (non-hydrogen) atoms. The normalized spacial score (nSPS) is 12.7. The average Bonchev–Trinajstić information content (AvgIpc) is 3.47. The molecular weight excluding hydrogens is 663 g/mol. The van der Waals surface area contributed by atoms with Crippen LogP contribution in [0.1, 0.15) is 29.2 Å². The molecule has 246 valence electrons. The molecule has 7 aromatic carbocycles. The Labute approximate surface area is 287 Å². The Bertz CT molecular complexity index is 2650. The van der Waals surface area contributed by atoms with Crippen molar-refractivity contribution in [2.45, 2.75) is 19.3 Å². The van der Waals surface area contributed by atoms with Gasteiger partial charge in [-0.1, -0.05) is 122 Å². The van der Waals surface area contributed by atoms with Crippen molar-refractivity contribution >= 4 is 76.0 Å². The summed E-state index contributed by atoms with van der Waals surface area (Å²) in [5.74, 6) is 0. The summed E-state index contributed by atoms with van der Waals surface area (Å²) < 4.78 is 89.4. The average molecular weight is 689 g/mol. The molecule has 0 spiro atoms. The molecule has 0 nitrogen and oxygen atoms in total. The van der Waals surface area contributed by atoms with Crippen LogP contribution in [0.15, 0.2) is 122 Å². The lowest BCUT2D eigenvalue weighted by Crippen LogP contribution is -2.10. The van der Waals surface area contributed by atoms with Crippen LogP contribution in [0.3, 0.4) is 0 Å². The van der Waals surface area contributed by atoms with Crippen LogP contribution in [0.5, 0.6) is 0 Å². The molecule has 0 aliphatic heterocycles. The third-order valence-corrected chi connectivity index (χ3v) is 10.6. The second-order valence-electron chi connectivity index (χ2n) is 12.2. The number of thiophene rings is 1. The largest absolute Gasteiger partial charge is 0.417 e. The standard InChI is InChI=1S/C43H26F6S/c1-3-12-26-25(4-2)39(42(44,45)46)32-18-10-7-15-29(32)38(26)34-20-11-19-33-35-23-24(21-22-36(35)50-41(33)34)37-27-13-5-8-16-30(27)40(43(47,48)49)31-17-9-6-14-28(31)37/h3-23H,2H2,1H3/b12-3-. The number of alkyl halides is 6. The fraction of sp³-hybridized carbons (Fsp3) is 0.0698. The van der Waals surface area contributed by atoms with Crippen LogP contribution < -0.4 is 0 Å². The summed E-state index contributed by atoms with van der Waals surface area (Å²) >= 11 is 1.54. The summed E-state index contributed by atoms with van der Waals surface area (Å²) in [5, 5.41) is 3.66. The van der Waals surface area contributed by atoms with Crippen molar-refractivity contribution in [2.24, 2.45) is 0 Å². The van der Waals surface area contributed by atoms with E-state index in [9.17, 15) is 26.3 Å². The highest BCUT2D eigenvalue weighted by Gasteiger charge is 2.38.